The first kappa shape index (κ1) is 26.4. The Morgan fingerprint density at radius 3 is 2.63 bits per heavy atom. The van der Waals surface area contributed by atoms with Crippen LogP contribution in [0.4, 0.5) is 4.39 Å². The Morgan fingerprint density at radius 2 is 1.92 bits per heavy atom. The monoisotopic (exact) mass is 538 g/mol. The van der Waals surface area contributed by atoms with Gasteiger partial charge in [-0.05, 0) is 78.8 Å². The van der Waals surface area contributed by atoms with Crippen LogP contribution < -0.4 is 14.2 Å². The molecule has 0 bridgehead atoms. The molecule has 200 valence electrons. The highest BCUT2D eigenvalue weighted by atomic mass is 32.2. The average Bonchev–Trinajstić information content (AvgIpc) is 3.44. The molecule has 1 heterocycles. The minimum Gasteiger partial charge on any atom is -0.616 e. The lowest BCUT2D eigenvalue weighted by Gasteiger charge is -2.19. The molecular formula is C30H31FO6S. The highest BCUT2D eigenvalue weighted by molar-refractivity contribution is 7.90. The molecule has 1 aliphatic carbocycles. The molecule has 1 unspecified atom stereocenters. The molecule has 0 spiro atoms. The van der Waals surface area contributed by atoms with Crippen molar-refractivity contribution in [2.75, 3.05) is 25.2 Å². The minimum atomic E-state index is -0.910. The first-order chi connectivity index (χ1) is 18.2. The molecule has 1 aliphatic heterocycles. The van der Waals surface area contributed by atoms with Crippen molar-refractivity contribution in [3.63, 3.8) is 0 Å². The van der Waals surface area contributed by atoms with E-state index in [2.05, 4.69) is 0 Å². The van der Waals surface area contributed by atoms with Crippen LogP contribution in [-0.4, -0.2) is 40.9 Å². The highest BCUT2D eigenvalue weighted by Gasteiger charge is 2.32. The van der Waals surface area contributed by atoms with Gasteiger partial charge in [-0.2, -0.15) is 0 Å². The Balaban J connectivity index is 1.39. The maximum absolute atomic E-state index is 15.2. The van der Waals surface area contributed by atoms with E-state index in [9.17, 15) is 9.35 Å². The van der Waals surface area contributed by atoms with Crippen LogP contribution in [0, 0.1) is 19.7 Å². The molecule has 8 heteroatoms. The zero-order valence-electron chi connectivity index (χ0n) is 21.7. The number of hydrogen-bond donors (Lipinski definition) is 1. The van der Waals surface area contributed by atoms with E-state index in [1.165, 1.54) is 6.07 Å². The number of carboxylic acids is 1. The van der Waals surface area contributed by atoms with E-state index >= 15 is 4.39 Å². The Hall–Kier alpha value is -3.23. The van der Waals surface area contributed by atoms with Crippen molar-refractivity contribution in [3.05, 3.63) is 76.1 Å². The van der Waals surface area contributed by atoms with Crippen LogP contribution in [0.2, 0.25) is 0 Å². The van der Waals surface area contributed by atoms with Crippen molar-refractivity contribution in [1.82, 2.24) is 0 Å². The second-order valence-electron chi connectivity index (χ2n) is 10.00. The van der Waals surface area contributed by atoms with Gasteiger partial charge in [-0.15, -0.1) is 0 Å². The Labute approximate surface area is 224 Å². The van der Waals surface area contributed by atoms with Crippen LogP contribution in [0.15, 0.2) is 42.5 Å². The van der Waals surface area contributed by atoms with Crippen LogP contribution in [-0.2, 0) is 22.4 Å². The number of aryl methyl sites for hydroxylation is 2. The summed E-state index contributed by atoms with van der Waals surface area (Å²) in [4.78, 5) is 11.1. The Bertz CT molecular complexity index is 1350. The molecule has 6 nitrogen and oxygen atoms in total. The normalized spacial score (nSPS) is 18.4. The maximum atomic E-state index is 15.2. The SMILES string of the molecule is Cc1cc(OCC[S+](C)[O-])cc(C)c1-c1ccc(F)c2c1CC[C@H]2Oc1ccc2c(c1)OC[C@H]2CC(=O)O. The van der Waals surface area contributed by atoms with E-state index in [-0.39, 0.29) is 18.2 Å². The van der Waals surface area contributed by atoms with Crippen molar-refractivity contribution in [1.29, 1.82) is 0 Å². The summed E-state index contributed by atoms with van der Waals surface area (Å²) in [5, 5.41) is 9.14. The topological polar surface area (TPSA) is 88.0 Å². The van der Waals surface area contributed by atoms with Gasteiger partial charge in [0.25, 0.3) is 0 Å². The van der Waals surface area contributed by atoms with Gasteiger partial charge in [-0.25, -0.2) is 4.39 Å². The number of benzene rings is 3. The smallest absolute Gasteiger partial charge is 0.304 e. The van der Waals surface area contributed by atoms with E-state index in [0.717, 1.165) is 39.1 Å². The number of fused-ring (bicyclic) bond motifs is 2. The molecule has 5 rings (SSSR count). The molecule has 2 aliphatic rings. The summed E-state index contributed by atoms with van der Waals surface area (Å²) in [5.41, 5.74) is 6.51. The molecule has 3 aromatic carbocycles. The Kier molecular flexibility index (Phi) is 7.54. The molecule has 0 aromatic heterocycles. The summed E-state index contributed by atoms with van der Waals surface area (Å²) in [6, 6.07) is 12.7. The van der Waals surface area contributed by atoms with E-state index in [1.807, 2.05) is 44.2 Å². The second kappa shape index (κ2) is 10.9. The second-order valence-corrected chi connectivity index (χ2v) is 11.6. The lowest BCUT2D eigenvalue weighted by atomic mass is 9.90. The summed E-state index contributed by atoms with van der Waals surface area (Å²) in [6.07, 6.45) is 2.58. The fourth-order valence-corrected chi connectivity index (χ4v) is 5.93. The van der Waals surface area contributed by atoms with Crippen molar-refractivity contribution in [2.45, 2.75) is 45.1 Å². The van der Waals surface area contributed by atoms with E-state index in [4.69, 9.17) is 19.3 Å². The van der Waals surface area contributed by atoms with Crippen LogP contribution in [0.25, 0.3) is 11.1 Å². The largest absolute Gasteiger partial charge is 0.616 e. The number of carboxylic acid groups (broad SMARTS) is 1. The molecule has 0 saturated carbocycles. The minimum absolute atomic E-state index is 0.0167. The number of hydrogen-bond acceptors (Lipinski definition) is 5. The summed E-state index contributed by atoms with van der Waals surface area (Å²) in [7, 11) is 0. The standard InChI is InChI=1S/C30H31FO6S/c1-17-12-21(35-10-11-38(3)34)13-18(2)29(17)23-6-8-25(31)30-24(23)7-9-26(30)37-20-4-5-22-19(14-28(32)33)16-36-27(22)15-20/h4-6,8,12-13,15,19,26H,7,9-11,14,16H2,1-3H3,(H,32,33)/t19-,26-,38?/m1/s1. The van der Waals surface area contributed by atoms with Gasteiger partial charge in [-0.1, -0.05) is 23.3 Å². The summed E-state index contributed by atoms with van der Waals surface area (Å²) >= 11 is -0.910. The van der Waals surface area contributed by atoms with Crippen molar-refractivity contribution >= 4 is 17.1 Å². The molecule has 0 saturated heterocycles. The average molecular weight is 539 g/mol. The number of rotatable bonds is 9. The highest BCUT2D eigenvalue weighted by Crippen LogP contribution is 2.45. The van der Waals surface area contributed by atoms with Gasteiger partial charge in [0.05, 0.1) is 19.3 Å². The quantitative estimate of drug-likeness (QED) is 0.342. The Morgan fingerprint density at radius 1 is 1.16 bits per heavy atom. The van der Waals surface area contributed by atoms with E-state index in [0.29, 0.717) is 48.9 Å². The fourth-order valence-electron chi connectivity index (χ4n) is 5.61. The predicted molar refractivity (Wildman–Crippen MR) is 144 cm³/mol. The third-order valence-electron chi connectivity index (χ3n) is 7.26. The molecule has 0 fully saturated rings. The number of carbonyl (C=O) groups is 1. The van der Waals surface area contributed by atoms with Crippen LogP contribution >= 0.6 is 0 Å². The zero-order valence-corrected chi connectivity index (χ0v) is 22.5. The first-order valence-electron chi connectivity index (χ1n) is 12.7. The van der Waals surface area contributed by atoms with Gasteiger partial charge in [0, 0.05) is 23.1 Å². The molecule has 3 atom stereocenters. The van der Waals surface area contributed by atoms with Gasteiger partial charge >= 0.3 is 5.97 Å². The van der Waals surface area contributed by atoms with Crippen molar-refractivity contribution < 1.29 is 33.1 Å². The van der Waals surface area contributed by atoms with Gasteiger partial charge in [0.15, 0.2) is 0 Å². The van der Waals surface area contributed by atoms with Gasteiger partial charge < -0.3 is 23.9 Å². The molecule has 0 amide bonds. The predicted octanol–water partition coefficient (Wildman–Crippen LogP) is 5.88. The first-order valence-corrected chi connectivity index (χ1v) is 14.4. The van der Waals surface area contributed by atoms with E-state index < -0.39 is 23.2 Å². The van der Waals surface area contributed by atoms with Crippen molar-refractivity contribution in [3.8, 4) is 28.4 Å². The lowest BCUT2D eigenvalue weighted by molar-refractivity contribution is -0.137. The number of ether oxygens (including phenoxy) is 3. The van der Waals surface area contributed by atoms with E-state index in [1.54, 1.807) is 12.3 Å². The molecular weight excluding hydrogens is 507 g/mol. The lowest BCUT2D eigenvalue weighted by Crippen LogP contribution is -2.12. The van der Waals surface area contributed by atoms with Gasteiger partial charge in [0.1, 0.15) is 41.5 Å². The molecule has 0 radical (unpaired) electrons. The molecule has 3 aromatic rings. The summed E-state index contributed by atoms with van der Waals surface area (Å²) in [6.45, 7) is 4.76. The van der Waals surface area contributed by atoms with Crippen LogP contribution in [0.1, 0.15) is 52.7 Å². The molecule has 38 heavy (non-hydrogen) atoms. The molecule has 1 N–H and O–H groups in total. The summed E-state index contributed by atoms with van der Waals surface area (Å²) in [5.74, 6) is 1.09. The number of halogens is 1. The third-order valence-corrected chi connectivity index (χ3v) is 8.00. The maximum Gasteiger partial charge on any atom is 0.304 e. The van der Waals surface area contributed by atoms with Gasteiger partial charge in [-0.3, -0.25) is 4.79 Å². The summed E-state index contributed by atoms with van der Waals surface area (Å²) < 4.78 is 44.3. The fraction of sp³-hybridized carbons (Fsp3) is 0.367. The van der Waals surface area contributed by atoms with Crippen LogP contribution in [0.5, 0.6) is 17.2 Å². The third kappa shape index (κ3) is 5.33. The number of aliphatic carboxylic acids is 1. The van der Waals surface area contributed by atoms with Crippen molar-refractivity contribution in [2.24, 2.45) is 0 Å². The zero-order chi connectivity index (χ0) is 27.0. The van der Waals surface area contributed by atoms with Crippen LogP contribution in [0.3, 0.4) is 0 Å². The van der Waals surface area contributed by atoms with Gasteiger partial charge in [0.2, 0.25) is 0 Å².